The van der Waals surface area contributed by atoms with E-state index >= 15 is 0 Å². The first-order valence-corrected chi connectivity index (χ1v) is 9.88. The van der Waals surface area contributed by atoms with E-state index in [1.807, 2.05) is 48.5 Å². The van der Waals surface area contributed by atoms with Crippen LogP contribution >= 0.6 is 0 Å². The second-order valence-corrected chi connectivity index (χ2v) is 8.09. The molecule has 0 bridgehead atoms. The minimum absolute atomic E-state index is 0.0217. The molecule has 1 atom stereocenters. The van der Waals surface area contributed by atoms with Gasteiger partial charge in [0.25, 0.3) is 0 Å². The number of nitrogens with zero attached hydrogens (tertiary/aromatic N) is 1. The minimum atomic E-state index is -3.44. The molecule has 0 saturated heterocycles. The average molecular weight is 361 g/mol. The number of sulfonamides is 1. The summed E-state index contributed by atoms with van der Waals surface area (Å²) in [5, 5.41) is 0. The lowest BCUT2D eigenvalue weighted by atomic mass is 9.89. The van der Waals surface area contributed by atoms with Crippen molar-refractivity contribution >= 4 is 10.0 Å². The van der Waals surface area contributed by atoms with Crippen LogP contribution in [0.2, 0.25) is 0 Å². The molecule has 3 rings (SSSR count). The summed E-state index contributed by atoms with van der Waals surface area (Å²) in [5.74, 6) is 0.711. The van der Waals surface area contributed by atoms with E-state index in [0.29, 0.717) is 13.0 Å². The zero-order valence-electron chi connectivity index (χ0n) is 14.5. The highest BCUT2D eigenvalue weighted by atomic mass is 32.2. The molecule has 134 valence electrons. The fourth-order valence-electron chi connectivity index (χ4n) is 3.28. The SMILES string of the molecule is COCCS(=O)(=O)N1CCc2ccc(OC)cc2C1c1ccccc1. The van der Waals surface area contributed by atoms with Crippen molar-refractivity contribution in [1.29, 1.82) is 0 Å². The molecule has 2 aromatic carbocycles. The third-order valence-corrected chi connectivity index (χ3v) is 6.35. The van der Waals surface area contributed by atoms with E-state index in [-0.39, 0.29) is 18.4 Å². The standard InChI is InChI=1S/C19H23NO4S/c1-23-12-13-25(21,22)20-11-10-15-8-9-17(24-2)14-18(15)19(20)16-6-4-3-5-7-16/h3-9,14,19H,10-13H2,1-2H3. The first kappa shape index (κ1) is 17.9. The quantitative estimate of drug-likeness (QED) is 0.794. The number of fused-ring (bicyclic) bond motifs is 1. The molecule has 1 aliphatic heterocycles. The minimum Gasteiger partial charge on any atom is -0.497 e. The predicted octanol–water partition coefficient (Wildman–Crippen LogP) is 2.62. The summed E-state index contributed by atoms with van der Waals surface area (Å²) in [6.07, 6.45) is 0.689. The largest absolute Gasteiger partial charge is 0.497 e. The molecule has 0 N–H and O–H groups in total. The fourth-order valence-corrected chi connectivity index (χ4v) is 4.82. The van der Waals surface area contributed by atoms with E-state index in [1.54, 1.807) is 11.4 Å². The molecule has 0 fully saturated rings. The van der Waals surface area contributed by atoms with Crippen LogP contribution in [0, 0.1) is 0 Å². The Labute approximate surface area is 149 Å². The molecule has 0 amide bonds. The van der Waals surface area contributed by atoms with Crippen LogP contribution in [0.1, 0.15) is 22.7 Å². The normalized spacial score (nSPS) is 17.9. The summed E-state index contributed by atoms with van der Waals surface area (Å²) in [6, 6.07) is 15.3. The predicted molar refractivity (Wildman–Crippen MR) is 97.4 cm³/mol. The van der Waals surface area contributed by atoms with Crippen molar-refractivity contribution in [3.63, 3.8) is 0 Å². The second kappa shape index (κ2) is 7.56. The molecule has 6 heteroatoms. The molecule has 25 heavy (non-hydrogen) atoms. The molecular formula is C19H23NO4S. The summed E-state index contributed by atoms with van der Waals surface area (Å²) >= 11 is 0. The molecule has 0 saturated carbocycles. The lowest BCUT2D eigenvalue weighted by Crippen LogP contribution is -2.42. The monoisotopic (exact) mass is 361 g/mol. The molecule has 1 heterocycles. The molecule has 0 aliphatic carbocycles. The Bertz CT molecular complexity index is 821. The first-order chi connectivity index (χ1) is 12.1. The molecule has 2 aromatic rings. The third-order valence-electron chi connectivity index (χ3n) is 4.56. The smallest absolute Gasteiger partial charge is 0.217 e. The van der Waals surface area contributed by atoms with Crippen molar-refractivity contribution < 1.29 is 17.9 Å². The van der Waals surface area contributed by atoms with Crippen molar-refractivity contribution in [3.05, 3.63) is 65.2 Å². The number of rotatable bonds is 6. The van der Waals surface area contributed by atoms with Crippen molar-refractivity contribution in [3.8, 4) is 5.75 Å². The van der Waals surface area contributed by atoms with Gasteiger partial charge in [0, 0.05) is 13.7 Å². The second-order valence-electron chi connectivity index (χ2n) is 6.05. The van der Waals surface area contributed by atoms with Gasteiger partial charge < -0.3 is 9.47 Å². The highest BCUT2D eigenvalue weighted by Crippen LogP contribution is 2.38. The van der Waals surface area contributed by atoms with E-state index in [9.17, 15) is 8.42 Å². The highest BCUT2D eigenvalue weighted by molar-refractivity contribution is 7.89. The van der Waals surface area contributed by atoms with Gasteiger partial charge in [0.1, 0.15) is 5.75 Å². The van der Waals surface area contributed by atoms with Crippen molar-refractivity contribution in [2.45, 2.75) is 12.5 Å². The van der Waals surface area contributed by atoms with Gasteiger partial charge in [-0.25, -0.2) is 8.42 Å². The van der Waals surface area contributed by atoms with Crippen molar-refractivity contribution in [2.75, 3.05) is 33.1 Å². The topological polar surface area (TPSA) is 55.8 Å². The van der Waals surface area contributed by atoms with E-state index < -0.39 is 10.0 Å². The number of benzene rings is 2. The van der Waals surface area contributed by atoms with E-state index in [2.05, 4.69) is 0 Å². The van der Waals surface area contributed by atoms with Gasteiger partial charge in [0.05, 0.1) is 25.5 Å². The van der Waals surface area contributed by atoms with Gasteiger partial charge in [0.15, 0.2) is 0 Å². The Morgan fingerprint density at radius 1 is 1.12 bits per heavy atom. The van der Waals surface area contributed by atoms with Gasteiger partial charge in [-0.05, 0) is 35.2 Å². The van der Waals surface area contributed by atoms with Gasteiger partial charge in [-0.1, -0.05) is 36.4 Å². The number of ether oxygens (including phenoxy) is 2. The lowest BCUT2D eigenvalue weighted by molar-refractivity contribution is 0.214. The van der Waals surface area contributed by atoms with Crippen molar-refractivity contribution in [2.24, 2.45) is 0 Å². The molecular weight excluding hydrogens is 338 g/mol. The Morgan fingerprint density at radius 2 is 1.88 bits per heavy atom. The number of hydrogen-bond donors (Lipinski definition) is 0. The molecule has 0 aromatic heterocycles. The van der Waals surface area contributed by atoms with Crippen LogP contribution in [0.25, 0.3) is 0 Å². The third kappa shape index (κ3) is 3.71. The van der Waals surface area contributed by atoms with Crippen LogP contribution in [0.15, 0.2) is 48.5 Å². The summed E-state index contributed by atoms with van der Waals surface area (Å²) < 4.78 is 37.8. The first-order valence-electron chi connectivity index (χ1n) is 8.27. The summed E-state index contributed by atoms with van der Waals surface area (Å²) in [4.78, 5) is 0. The maximum absolute atomic E-state index is 12.9. The van der Waals surface area contributed by atoms with Gasteiger partial charge in [0.2, 0.25) is 10.0 Å². The van der Waals surface area contributed by atoms with Crippen LogP contribution in [-0.2, 0) is 21.2 Å². The highest BCUT2D eigenvalue weighted by Gasteiger charge is 2.36. The van der Waals surface area contributed by atoms with Gasteiger partial charge in [-0.2, -0.15) is 4.31 Å². The summed E-state index contributed by atoms with van der Waals surface area (Å²) in [6.45, 7) is 0.649. The van der Waals surface area contributed by atoms with Gasteiger partial charge in [-0.15, -0.1) is 0 Å². The summed E-state index contributed by atoms with van der Waals surface area (Å²) in [5.41, 5.74) is 3.10. The molecule has 5 nitrogen and oxygen atoms in total. The average Bonchev–Trinajstić information content (AvgIpc) is 2.65. The maximum Gasteiger partial charge on any atom is 0.217 e. The van der Waals surface area contributed by atoms with Gasteiger partial charge >= 0.3 is 0 Å². The molecule has 1 aliphatic rings. The number of hydrogen-bond acceptors (Lipinski definition) is 4. The van der Waals surface area contributed by atoms with Crippen LogP contribution in [0.4, 0.5) is 0 Å². The van der Waals surface area contributed by atoms with Crippen LogP contribution in [0.3, 0.4) is 0 Å². The van der Waals surface area contributed by atoms with E-state index in [4.69, 9.17) is 9.47 Å². The Hall–Kier alpha value is -1.89. The lowest BCUT2D eigenvalue weighted by Gasteiger charge is -2.37. The fraction of sp³-hybridized carbons (Fsp3) is 0.368. The van der Waals surface area contributed by atoms with Crippen LogP contribution in [-0.4, -0.2) is 45.8 Å². The molecule has 1 unspecified atom stereocenters. The Morgan fingerprint density at radius 3 is 2.56 bits per heavy atom. The number of methoxy groups -OCH3 is 2. The molecule has 0 radical (unpaired) electrons. The van der Waals surface area contributed by atoms with Gasteiger partial charge in [-0.3, -0.25) is 0 Å². The Kier molecular flexibility index (Phi) is 5.42. The van der Waals surface area contributed by atoms with E-state index in [1.165, 1.54) is 7.11 Å². The zero-order valence-corrected chi connectivity index (χ0v) is 15.3. The molecule has 0 spiro atoms. The zero-order chi connectivity index (χ0) is 17.9. The maximum atomic E-state index is 12.9. The van der Waals surface area contributed by atoms with Crippen LogP contribution < -0.4 is 4.74 Å². The van der Waals surface area contributed by atoms with E-state index in [0.717, 1.165) is 22.4 Å². The Balaban J connectivity index is 2.10. The van der Waals surface area contributed by atoms with Crippen LogP contribution in [0.5, 0.6) is 5.75 Å². The van der Waals surface area contributed by atoms with Crippen molar-refractivity contribution in [1.82, 2.24) is 4.31 Å². The summed E-state index contributed by atoms with van der Waals surface area (Å²) in [7, 11) is -0.303.